The molecule has 0 heterocycles. The van der Waals surface area contributed by atoms with Gasteiger partial charge >= 0.3 is 5.97 Å². The second-order valence-corrected chi connectivity index (χ2v) is 4.59. The maximum absolute atomic E-state index is 12.4. The van der Waals surface area contributed by atoms with Gasteiger partial charge in [-0.2, -0.15) is 0 Å². The largest absolute Gasteiger partial charge is 0.465 e. The molecule has 5 heteroatoms. The number of hydrogen-bond acceptors (Lipinski definition) is 4. The van der Waals surface area contributed by atoms with E-state index in [1.807, 2.05) is 0 Å². The van der Waals surface area contributed by atoms with Crippen molar-refractivity contribution in [2.75, 3.05) is 18.9 Å². The summed E-state index contributed by atoms with van der Waals surface area (Å²) in [7, 11) is 0. The first kappa shape index (κ1) is 13.4. The smallest absolute Gasteiger partial charge is 0.325 e. The minimum Gasteiger partial charge on any atom is -0.465 e. The molecular formula is C14H18N2O3. The fourth-order valence-corrected chi connectivity index (χ4v) is 1.89. The van der Waals surface area contributed by atoms with Crippen molar-refractivity contribution < 1.29 is 14.3 Å². The van der Waals surface area contributed by atoms with Crippen molar-refractivity contribution in [3.63, 3.8) is 0 Å². The van der Waals surface area contributed by atoms with E-state index in [2.05, 4.69) is 0 Å². The molecule has 1 aliphatic rings. The standard InChI is InChI=1S/C14H18N2O3/c1-2-19-13(17)9-16(12-7-8-12)14(18)10-3-5-11(15)6-4-10/h3-6,12H,2,7-9,15H2,1H3. The van der Waals surface area contributed by atoms with Gasteiger partial charge in [-0.05, 0) is 44.0 Å². The highest BCUT2D eigenvalue weighted by Gasteiger charge is 2.34. The molecule has 1 aromatic carbocycles. The Kier molecular flexibility index (Phi) is 4.04. The third-order valence-corrected chi connectivity index (χ3v) is 3.01. The van der Waals surface area contributed by atoms with Crippen LogP contribution in [0.5, 0.6) is 0 Å². The van der Waals surface area contributed by atoms with Crippen molar-refractivity contribution in [2.45, 2.75) is 25.8 Å². The van der Waals surface area contributed by atoms with Crippen LogP contribution in [-0.2, 0) is 9.53 Å². The van der Waals surface area contributed by atoms with Gasteiger partial charge in [0.15, 0.2) is 0 Å². The molecule has 0 atom stereocenters. The van der Waals surface area contributed by atoms with Crippen LogP contribution in [0.25, 0.3) is 0 Å². The minimum absolute atomic E-state index is 0.0156. The van der Waals surface area contributed by atoms with Crippen LogP contribution in [0.3, 0.4) is 0 Å². The van der Waals surface area contributed by atoms with Gasteiger partial charge in [-0.3, -0.25) is 9.59 Å². The molecule has 0 bridgehead atoms. The van der Waals surface area contributed by atoms with Crippen molar-refractivity contribution in [1.29, 1.82) is 0 Å². The molecule has 0 saturated heterocycles. The van der Waals surface area contributed by atoms with Crippen molar-refractivity contribution in [3.05, 3.63) is 29.8 Å². The summed E-state index contributed by atoms with van der Waals surface area (Å²) >= 11 is 0. The fourth-order valence-electron chi connectivity index (χ4n) is 1.89. The molecule has 0 radical (unpaired) electrons. The van der Waals surface area contributed by atoms with Crippen molar-refractivity contribution in [2.24, 2.45) is 0 Å². The fraction of sp³-hybridized carbons (Fsp3) is 0.429. The van der Waals surface area contributed by atoms with Crippen LogP contribution in [0.4, 0.5) is 5.69 Å². The van der Waals surface area contributed by atoms with Gasteiger partial charge in [-0.15, -0.1) is 0 Å². The van der Waals surface area contributed by atoms with E-state index in [4.69, 9.17) is 10.5 Å². The van der Waals surface area contributed by atoms with E-state index < -0.39 is 0 Å². The van der Waals surface area contributed by atoms with E-state index >= 15 is 0 Å². The number of rotatable bonds is 5. The topological polar surface area (TPSA) is 72.6 Å². The third kappa shape index (κ3) is 3.47. The first-order chi connectivity index (χ1) is 9.11. The van der Waals surface area contributed by atoms with E-state index in [0.717, 1.165) is 12.8 Å². The second-order valence-electron chi connectivity index (χ2n) is 4.59. The Balaban J connectivity index is 2.08. The molecule has 0 aromatic heterocycles. The van der Waals surface area contributed by atoms with Gasteiger partial charge in [0, 0.05) is 17.3 Å². The van der Waals surface area contributed by atoms with Gasteiger partial charge in [0.1, 0.15) is 6.54 Å². The molecule has 0 spiro atoms. The van der Waals surface area contributed by atoms with Gasteiger partial charge in [0.2, 0.25) is 0 Å². The van der Waals surface area contributed by atoms with Gasteiger partial charge in [-0.25, -0.2) is 0 Å². The highest BCUT2D eigenvalue weighted by atomic mass is 16.5. The molecule has 19 heavy (non-hydrogen) atoms. The predicted molar refractivity (Wildman–Crippen MR) is 71.5 cm³/mol. The van der Waals surface area contributed by atoms with E-state index in [-0.39, 0.29) is 24.5 Å². The Labute approximate surface area is 112 Å². The molecular weight excluding hydrogens is 244 g/mol. The summed E-state index contributed by atoms with van der Waals surface area (Å²) in [6.45, 7) is 2.09. The molecule has 0 aliphatic heterocycles. The molecule has 2 N–H and O–H groups in total. The summed E-state index contributed by atoms with van der Waals surface area (Å²) in [4.78, 5) is 25.5. The lowest BCUT2D eigenvalue weighted by atomic mass is 10.2. The summed E-state index contributed by atoms with van der Waals surface area (Å²) in [6, 6.07) is 6.89. The number of ether oxygens (including phenoxy) is 1. The number of esters is 1. The first-order valence-corrected chi connectivity index (χ1v) is 6.44. The number of hydrogen-bond donors (Lipinski definition) is 1. The van der Waals surface area contributed by atoms with Crippen LogP contribution in [0.15, 0.2) is 24.3 Å². The summed E-state index contributed by atoms with van der Waals surface area (Å²) < 4.78 is 4.90. The monoisotopic (exact) mass is 262 g/mol. The van der Waals surface area contributed by atoms with Crippen LogP contribution in [0.2, 0.25) is 0 Å². The Bertz CT molecular complexity index is 466. The molecule has 1 saturated carbocycles. The Morgan fingerprint density at radius 3 is 2.47 bits per heavy atom. The SMILES string of the molecule is CCOC(=O)CN(C(=O)c1ccc(N)cc1)C1CC1. The predicted octanol–water partition coefficient (Wildman–Crippen LogP) is 1.44. The van der Waals surface area contributed by atoms with E-state index in [1.54, 1.807) is 36.1 Å². The summed E-state index contributed by atoms with van der Waals surface area (Å²) in [5.41, 5.74) is 6.75. The molecule has 1 aliphatic carbocycles. The molecule has 2 rings (SSSR count). The van der Waals surface area contributed by atoms with Crippen LogP contribution < -0.4 is 5.73 Å². The number of anilines is 1. The highest BCUT2D eigenvalue weighted by molar-refractivity contribution is 5.96. The zero-order valence-corrected chi connectivity index (χ0v) is 11.0. The van der Waals surface area contributed by atoms with Crippen molar-refractivity contribution in [1.82, 2.24) is 4.90 Å². The Morgan fingerprint density at radius 1 is 1.32 bits per heavy atom. The van der Waals surface area contributed by atoms with Gasteiger partial charge in [-0.1, -0.05) is 0 Å². The average molecular weight is 262 g/mol. The van der Waals surface area contributed by atoms with Gasteiger partial charge in [0.05, 0.1) is 6.61 Å². The molecule has 1 aromatic rings. The lowest BCUT2D eigenvalue weighted by Gasteiger charge is -2.21. The number of nitrogen functional groups attached to an aromatic ring is 1. The van der Waals surface area contributed by atoms with E-state index in [1.165, 1.54) is 0 Å². The van der Waals surface area contributed by atoms with Crippen molar-refractivity contribution in [3.8, 4) is 0 Å². The van der Waals surface area contributed by atoms with Crippen molar-refractivity contribution >= 4 is 17.6 Å². The van der Waals surface area contributed by atoms with Gasteiger partial charge in [0.25, 0.3) is 5.91 Å². The number of nitrogens with two attached hydrogens (primary N) is 1. The van der Waals surface area contributed by atoms with E-state index in [0.29, 0.717) is 17.9 Å². The number of carbonyl (C=O) groups excluding carboxylic acids is 2. The van der Waals surface area contributed by atoms with Crippen LogP contribution in [-0.4, -0.2) is 36.0 Å². The molecule has 102 valence electrons. The maximum atomic E-state index is 12.4. The minimum atomic E-state index is -0.363. The number of carbonyl (C=O) groups is 2. The Morgan fingerprint density at radius 2 is 1.95 bits per heavy atom. The second kappa shape index (κ2) is 5.73. The number of amides is 1. The molecule has 1 fully saturated rings. The van der Waals surface area contributed by atoms with E-state index in [9.17, 15) is 9.59 Å². The van der Waals surface area contributed by atoms with Crippen LogP contribution >= 0.6 is 0 Å². The average Bonchev–Trinajstić information content (AvgIpc) is 3.21. The van der Waals surface area contributed by atoms with Crippen LogP contribution in [0.1, 0.15) is 30.1 Å². The highest BCUT2D eigenvalue weighted by Crippen LogP contribution is 2.28. The zero-order valence-electron chi connectivity index (χ0n) is 11.0. The normalized spacial score (nSPS) is 13.9. The third-order valence-electron chi connectivity index (χ3n) is 3.01. The lowest BCUT2D eigenvalue weighted by Crippen LogP contribution is -2.38. The molecule has 5 nitrogen and oxygen atoms in total. The first-order valence-electron chi connectivity index (χ1n) is 6.44. The molecule has 1 amide bonds. The Hall–Kier alpha value is -2.04. The zero-order chi connectivity index (χ0) is 13.8. The quantitative estimate of drug-likeness (QED) is 0.643. The summed E-state index contributed by atoms with van der Waals surface area (Å²) in [6.07, 6.45) is 1.89. The van der Waals surface area contributed by atoms with Gasteiger partial charge < -0.3 is 15.4 Å². The summed E-state index contributed by atoms with van der Waals surface area (Å²) in [5.74, 6) is -0.506. The number of nitrogens with zero attached hydrogens (tertiary/aromatic N) is 1. The summed E-state index contributed by atoms with van der Waals surface area (Å²) in [5, 5.41) is 0. The number of benzene rings is 1. The maximum Gasteiger partial charge on any atom is 0.325 e. The molecule has 0 unspecified atom stereocenters. The van der Waals surface area contributed by atoms with Crippen LogP contribution in [0, 0.1) is 0 Å². The lowest BCUT2D eigenvalue weighted by molar-refractivity contribution is -0.144.